The Hall–Kier alpha value is -3.83. The van der Waals surface area contributed by atoms with Crippen LogP contribution in [0.2, 0.25) is 5.02 Å². The summed E-state index contributed by atoms with van der Waals surface area (Å²) in [4.78, 5) is 31.2. The number of rotatable bonds is 5. The first-order valence-electron chi connectivity index (χ1n) is 11.1. The molecular weight excluding hydrogens is 448 g/mol. The summed E-state index contributed by atoms with van der Waals surface area (Å²) >= 11 is 6.52. The van der Waals surface area contributed by atoms with Crippen LogP contribution in [0.3, 0.4) is 0 Å². The Morgan fingerprint density at radius 2 is 1.71 bits per heavy atom. The van der Waals surface area contributed by atoms with Crippen molar-refractivity contribution in [2.75, 3.05) is 6.54 Å². The number of likely N-dealkylation sites (tertiary alicyclic amines) is 1. The van der Waals surface area contributed by atoms with E-state index in [1.807, 2.05) is 55.6 Å². The first-order chi connectivity index (χ1) is 16.5. The van der Waals surface area contributed by atoms with Gasteiger partial charge < -0.3 is 15.0 Å². The molecule has 5 rings (SSSR count). The maximum absolute atomic E-state index is 13.2. The lowest BCUT2D eigenvalue weighted by atomic mass is 9.95. The van der Waals surface area contributed by atoms with Gasteiger partial charge in [0.15, 0.2) is 0 Å². The number of aromatic nitrogens is 1. The maximum Gasteiger partial charge on any atom is 0.295 e. The number of amides is 1. The van der Waals surface area contributed by atoms with Gasteiger partial charge in [0.25, 0.3) is 11.7 Å². The molecule has 1 unspecified atom stereocenters. The predicted molar refractivity (Wildman–Crippen MR) is 134 cm³/mol. The van der Waals surface area contributed by atoms with Gasteiger partial charge in [-0.1, -0.05) is 77.8 Å². The Labute approximate surface area is 202 Å². The molecule has 2 heterocycles. The standard InChI is InChI=1S/C28H23ClN2O3/c1-17-10-12-18(13-11-17)26(32)24-25(21-7-2-4-8-22(21)29)31(28(34)27(24)33)15-14-19-16-30-23-9-5-3-6-20(19)23/h2-13,16,25,30,32H,14-15H2,1H3/b26-24-. The minimum Gasteiger partial charge on any atom is -0.507 e. The second-order valence-corrected chi connectivity index (χ2v) is 8.90. The summed E-state index contributed by atoms with van der Waals surface area (Å²) in [7, 11) is 0. The number of nitrogens with one attached hydrogen (secondary N) is 1. The van der Waals surface area contributed by atoms with Crippen LogP contribution in [0.25, 0.3) is 16.7 Å². The van der Waals surface area contributed by atoms with Crippen molar-refractivity contribution in [1.82, 2.24) is 9.88 Å². The van der Waals surface area contributed by atoms with Crippen molar-refractivity contribution in [2.45, 2.75) is 19.4 Å². The summed E-state index contributed by atoms with van der Waals surface area (Å²) in [5.41, 5.74) is 4.24. The number of aromatic amines is 1. The molecule has 0 saturated carbocycles. The molecule has 0 spiro atoms. The first-order valence-corrected chi connectivity index (χ1v) is 11.5. The molecule has 2 N–H and O–H groups in total. The van der Waals surface area contributed by atoms with Gasteiger partial charge in [0.1, 0.15) is 5.76 Å². The zero-order valence-electron chi connectivity index (χ0n) is 18.6. The molecular formula is C28H23ClN2O3. The van der Waals surface area contributed by atoms with Crippen molar-refractivity contribution in [3.63, 3.8) is 0 Å². The summed E-state index contributed by atoms with van der Waals surface area (Å²) in [6.07, 6.45) is 2.47. The minimum absolute atomic E-state index is 0.0564. The smallest absolute Gasteiger partial charge is 0.295 e. The number of carbonyl (C=O) groups is 2. The number of fused-ring (bicyclic) bond motifs is 1. The van der Waals surface area contributed by atoms with E-state index in [1.165, 1.54) is 4.90 Å². The van der Waals surface area contributed by atoms with Crippen molar-refractivity contribution in [3.05, 3.63) is 112 Å². The van der Waals surface area contributed by atoms with Crippen LogP contribution in [0.15, 0.2) is 84.6 Å². The molecule has 0 radical (unpaired) electrons. The lowest BCUT2D eigenvalue weighted by Gasteiger charge is -2.26. The van der Waals surface area contributed by atoms with Crippen molar-refractivity contribution >= 4 is 40.0 Å². The van der Waals surface area contributed by atoms with Gasteiger partial charge in [0.2, 0.25) is 0 Å². The second kappa shape index (κ2) is 8.84. The zero-order chi connectivity index (χ0) is 23.8. The fraction of sp³-hybridized carbons (Fsp3) is 0.143. The summed E-state index contributed by atoms with van der Waals surface area (Å²) in [5.74, 6) is -1.54. The minimum atomic E-state index is -0.778. The van der Waals surface area contributed by atoms with Crippen molar-refractivity contribution in [3.8, 4) is 0 Å². The molecule has 1 fully saturated rings. The van der Waals surface area contributed by atoms with E-state index in [-0.39, 0.29) is 11.3 Å². The SMILES string of the molecule is Cc1ccc(/C(O)=C2/C(=O)C(=O)N(CCc3c[nH]c4ccccc34)C2c2ccccc2Cl)cc1. The van der Waals surface area contributed by atoms with Crippen molar-refractivity contribution in [2.24, 2.45) is 0 Å². The monoisotopic (exact) mass is 470 g/mol. The molecule has 170 valence electrons. The molecule has 1 saturated heterocycles. The van der Waals surface area contributed by atoms with Gasteiger partial charge in [0.05, 0.1) is 11.6 Å². The quantitative estimate of drug-likeness (QED) is 0.220. The molecule has 5 nitrogen and oxygen atoms in total. The van der Waals surface area contributed by atoms with Gasteiger partial charge in [-0.2, -0.15) is 0 Å². The number of nitrogens with zero attached hydrogens (tertiary/aromatic N) is 1. The van der Waals surface area contributed by atoms with Crippen LogP contribution in [0.5, 0.6) is 0 Å². The van der Waals surface area contributed by atoms with Gasteiger partial charge in [-0.25, -0.2) is 0 Å². The lowest BCUT2D eigenvalue weighted by Crippen LogP contribution is -2.31. The number of aliphatic hydroxyl groups excluding tert-OH is 1. The van der Waals surface area contributed by atoms with E-state index in [2.05, 4.69) is 4.98 Å². The highest BCUT2D eigenvalue weighted by molar-refractivity contribution is 6.47. The number of aryl methyl sites for hydroxylation is 1. The average Bonchev–Trinajstić information content (AvgIpc) is 3.37. The van der Waals surface area contributed by atoms with Crippen molar-refractivity contribution in [1.29, 1.82) is 0 Å². The largest absolute Gasteiger partial charge is 0.507 e. The second-order valence-electron chi connectivity index (χ2n) is 8.49. The molecule has 3 aromatic carbocycles. The molecule has 34 heavy (non-hydrogen) atoms. The van der Waals surface area contributed by atoms with Crippen LogP contribution in [0.1, 0.15) is 28.3 Å². The van der Waals surface area contributed by atoms with Crippen LogP contribution >= 0.6 is 11.6 Å². The third-order valence-corrected chi connectivity index (χ3v) is 6.71. The lowest BCUT2D eigenvalue weighted by molar-refractivity contribution is -0.139. The Bertz CT molecular complexity index is 1440. The van der Waals surface area contributed by atoms with E-state index in [4.69, 9.17) is 11.6 Å². The zero-order valence-corrected chi connectivity index (χ0v) is 19.3. The van der Waals surface area contributed by atoms with Gasteiger partial charge in [0, 0.05) is 34.2 Å². The molecule has 1 aromatic heterocycles. The number of carbonyl (C=O) groups excluding carboxylic acids is 2. The molecule has 0 aliphatic carbocycles. The number of Topliss-reactive ketones (excluding diaryl/α,β-unsaturated/α-hetero) is 1. The highest BCUT2D eigenvalue weighted by Gasteiger charge is 2.46. The third kappa shape index (κ3) is 3.78. The molecule has 0 bridgehead atoms. The van der Waals surface area contributed by atoms with E-state index in [0.29, 0.717) is 29.1 Å². The number of hydrogen-bond donors (Lipinski definition) is 2. The molecule has 1 amide bonds. The molecule has 4 aromatic rings. The molecule has 1 aliphatic heterocycles. The van der Waals surface area contributed by atoms with Crippen LogP contribution < -0.4 is 0 Å². The van der Waals surface area contributed by atoms with Crippen LogP contribution in [-0.4, -0.2) is 33.2 Å². The van der Waals surface area contributed by atoms with Crippen molar-refractivity contribution < 1.29 is 14.7 Å². The summed E-state index contributed by atoms with van der Waals surface area (Å²) in [6, 6.07) is 21.5. The molecule has 1 atom stereocenters. The van der Waals surface area contributed by atoms with Crippen LogP contribution in [-0.2, 0) is 16.0 Å². The Morgan fingerprint density at radius 1 is 1.00 bits per heavy atom. The fourth-order valence-corrected chi connectivity index (χ4v) is 4.82. The number of hydrogen-bond acceptors (Lipinski definition) is 3. The topological polar surface area (TPSA) is 73.4 Å². The van der Waals surface area contributed by atoms with E-state index in [1.54, 1.807) is 30.3 Å². The Kier molecular flexibility index (Phi) is 5.72. The number of benzene rings is 3. The number of H-pyrrole nitrogens is 1. The van der Waals surface area contributed by atoms with Gasteiger partial charge in [-0.15, -0.1) is 0 Å². The number of ketones is 1. The van der Waals surface area contributed by atoms with E-state index in [9.17, 15) is 14.7 Å². The molecule has 6 heteroatoms. The van der Waals surface area contributed by atoms with Gasteiger partial charge >= 0.3 is 0 Å². The summed E-state index contributed by atoms with van der Waals surface area (Å²) < 4.78 is 0. The summed E-state index contributed by atoms with van der Waals surface area (Å²) in [6.45, 7) is 2.24. The number of para-hydroxylation sites is 1. The maximum atomic E-state index is 13.2. The molecule has 1 aliphatic rings. The fourth-order valence-electron chi connectivity index (χ4n) is 4.58. The third-order valence-electron chi connectivity index (χ3n) is 6.36. The average molecular weight is 471 g/mol. The Balaban J connectivity index is 1.58. The van der Waals surface area contributed by atoms with Crippen LogP contribution in [0.4, 0.5) is 0 Å². The summed E-state index contributed by atoms with van der Waals surface area (Å²) in [5, 5.41) is 12.7. The number of halogens is 1. The normalized spacial score (nSPS) is 17.6. The van der Waals surface area contributed by atoms with E-state index >= 15 is 0 Å². The van der Waals surface area contributed by atoms with Crippen LogP contribution in [0, 0.1) is 6.92 Å². The van der Waals surface area contributed by atoms with Gasteiger partial charge in [-0.05, 0) is 36.6 Å². The Morgan fingerprint density at radius 3 is 2.47 bits per heavy atom. The highest BCUT2D eigenvalue weighted by Crippen LogP contribution is 2.42. The highest BCUT2D eigenvalue weighted by atomic mass is 35.5. The van der Waals surface area contributed by atoms with E-state index < -0.39 is 17.7 Å². The predicted octanol–water partition coefficient (Wildman–Crippen LogP) is 5.79. The van der Waals surface area contributed by atoms with E-state index in [0.717, 1.165) is 22.0 Å². The number of aliphatic hydroxyl groups is 1. The van der Waals surface area contributed by atoms with Gasteiger partial charge in [-0.3, -0.25) is 9.59 Å². The first kappa shape index (κ1) is 22.0.